The van der Waals surface area contributed by atoms with Gasteiger partial charge >= 0.3 is 11.9 Å². The third-order valence-electron chi connectivity index (χ3n) is 3.98. The van der Waals surface area contributed by atoms with E-state index in [2.05, 4.69) is 0 Å². The van der Waals surface area contributed by atoms with Crippen molar-refractivity contribution >= 4 is 11.9 Å². The fourth-order valence-corrected chi connectivity index (χ4v) is 2.88. The van der Waals surface area contributed by atoms with E-state index in [1.807, 2.05) is 0 Å². The molecule has 0 bridgehead atoms. The van der Waals surface area contributed by atoms with Crippen molar-refractivity contribution in [3.05, 3.63) is 0 Å². The van der Waals surface area contributed by atoms with Gasteiger partial charge in [0.1, 0.15) is 6.10 Å². The first-order valence-electron chi connectivity index (χ1n) is 6.97. The molecular formula is C13H22N2O4. The third-order valence-corrected chi connectivity index (χ3v) is 3.98. The molecule has 2 atom stereocenters. The molecule has 108 valence electrons. The third kappa shape index (κ3) is 3.06. The van der Waals surface area contributed by atoms with Gasteiger partial charge in [0.15, 0.2) is 5.60 Å². The smallest absolute Gasteiger partial charge is 0.306 e. The Hall–Kier alpha value is -1.14. The Bertz CT molecular complexity index is 359. The van der Waals surface area contributed by atoms with Crippen LogP contribution in [0, 0.1) is 0 Å². The summed E-state index contributed by atoms with van der Waals surface area (Å²) in [5.74, 6) is -0.555. The quantitative estimate of drug-likeness (QED) is 0.533. The molecule has 1 aliphatic heterocycles. The lowest BCUT2D eigenvalue weighted by Gasteiger charge is -2.44. The Kier molecular flexibility index (Phi) is 4.42. The van der Waals surface area contributed by atoms with Crippen LogP contribution in [0.15, 0.2) is 0 Å². The van der Waals surface area contributed by atoms with Gasteiger partial charge in [0.25, 0.3) is 0 Å². The van der Waals surface area contributed by atoms with E-state index < -0.39 is 17.9 Å². The first-order chi connectivity index (χ1) is 9.04. The maximum absolute atomic E-state index is 11.9. The monoisotopic (exact) mass is 270 g/mol. The summed E-state index contributed by atoms with van der Waals surface area (Å²) in [6, 6.07) is 0. The number of esters is 2. The zero-order valence-electron chi connectivity index (χ0n) is 11.1. The van der Waals surface area contributed by atoms with Gasteiger partial charge in [-0.3, -0.25) is 9.59 Å². The summed E-state index contributed by atoms with van der Waals surface area (Å²) in [6.07, 6.45) is 3.52. The number of ether oxygens (including phenoxy) is 2. The molecule has 0 spiro atoms. The van der Waals surface area contributed by atoms with Crippen LogP contribution in [0.2, 0.25) is 0 Å². The zero-order chi connectivity index (χ0) is 13.9. The van der Waals surface area contributed by atoms with Crippen LogP contribution >= 0.6 is 0 Å². The maximum atomic E-state index is 11.9. The van der Waals surface area contributed by atoms with Crippen molar-refractivity contribution in [1.82, 2.24) is 0 Å². The first-order valence-corrected chi connectivity index (χ1v) is 6.97. The van der Waals surface area contributed by atoms with Gasteiger partial charge in [-0.1, -0.05) is 0 Å². The molecule has 6 heteroatoms. The number of carbonyl (C=O) groups excluding carboxylic acids is 2. The first kappa shape index (κ1) is 14.3. The zero-order valence-corrected chi connectivity index (χ0v) is 11.1. The summed E-state index contributed by atoms with van der Waals surface area (Å²) in [5.41, 5.74) is 10.6. The fourth-order valence-electron chi connectivity index (χ4n) is 2.88. The molecule has 0 aromatic carbocycles. The lowest BCUT2D eigenvalue weighted by atomic mass is 9.79. The average Bonchev–Trinajstić information content (AvgIpc) is 2.36. The van der Waals surface area contributed by atoms with E-state index in [9.17, 15) is 9.59 Å². The van der Waals surface area contributed by atoms with E-state index in [1.165, 1.54) is 0 Å². The largest absolute Gasteiger partial charge is 0.458 e. The number of fused-ring (bicyclic) bond motifs is 1. The standard InChI is InChI=1S/C13H22N2O4/c14-12(15)13-8-4-3-5-9(13)18-10(16)6-1-2-7-11(17)19-13/h9,12H,1-8,14-15H2. The molecule has 1 aliphatic carbocycles. The van der Waals surface area contributed by atoms with E-state index in [1.54, 1.807) is 0 Å². The Balaban J connectivity index is 2.26. The van der Waals surface area contributed by atoms with Gasteiger partial charge in [-0.05, 0) is 38.5 Å². The normalized spacial score (nSPS) is 33.3. The lowest BCUT2D eigenvalue weighted by Crippen LogP contribution is -2.64. The van der Waals surface area contributed by atoms with Crippen LogP contribution in [0.3, 0.4) is 0 Å². The van der Waals surface area contributed by atoms with Crippen LogP contribution in [0.1, 0.15) is 51.4 Å². The van der Waals surface area contributed by atoms with Crippen LogP contribution in [0.4, 0.5) is 0 Å². The maximum Gasteiger partial charge on any atom is 0.306 e. The Labute approximate surface area is 112 Å². The summed E-state index contributed by atoms with van der Waals surface area (Å²) in [5, 5.41) is 0. The highest BCUT2D eigenvalue weighted by Crippen LogP contribution is 2.36. The molecule has 2 aliphatic rings. The molecule has 6 nitrogen and oxygen atoms in total. The number of hydrogen-bond acceptors (Lipinski definition) is 6. The second-order valence-corrected chi connectivity index (χ2v) is 5.39. The minimum Gasteiger partial charge on any atom is -0.458 e. The van der Waals surface area contributed by atoms with Crippen molar-refractivity contribution in [2.45, 2.75) is 69.2 Å². The summed E-state index contributed by atoms with van der Waals surface area (Å²) in [7, 11) is 0. The SMILES string of the molecule is NC(N)C12CCCCC1OC(=O)CCCCC(=O)O2. The highest BCUT2D eigenvalue weighted by Gasteiger charge is 2.50. The molecule has 2 fully saturated rings. The van der Waals surface area contributed by atoms with Gasteiger partial charge in [0.2, 0.25) is 0 Å². The summed E-state index contributed by atoms with van der Waals surface area (Å²) in [4.78, 5) is 23.6. The van der Waals surface area contributed by atoms with Crippen molar-refractivity contribution in [3.8, 4) is 0 Å². The minimum absolute atomic E-state index is 0.255. The predicted molar refractivity (Wildman–Crippen MR) is 67.8 cm³/mol. The Morgan fingerprint density at radius 1 is 1.05 bits per heavy atom. The molecule has 1 saturated carbocycles. The van der Waals surface area contributed by atoms with Crippen molar-refractivity contribution in [1.29, 1.82) is 0 Å². The van der Waals surface area contributed by atoms with Gasteiger partial charge in [-0.25, -0.2) is 0 Å². The number of hydrogen-bond donors (Lipinski definition) is 2. The summed E-state index contributed by atoms with van der Waals surface area (Å²) < 4.78 is 11.0. The van der Waals surface area contributed by atoms with Crippen LogP contribution in [-0.2, 0) is 19.1 Å². The van der Waals surface area contributed by atoms with E-state index in [0.29, 0.717) is 38.5 Å². The van der Waals surface area contributed by atoms with E-state index >= 15 is 0 Å². The minimum atomic E-state index is -1.05. The predicted octanol–water partition coefficient (Wildman–Crippen LogP) is 0.572. The molecule has 2 rings (SSSR count). The van der Waals surface area contributed by atoms with Crippen LogP contribution < -0.4 is 11.5 Å². The highest BCUT2D eigenvalue weighted by atomic mass is 16.6. The molecule has 0 aromatic heterocycles. The second-order valence-electron chi connectivity index (χ2n) is 5.39. The molecule has 0 aromatic rings. The van der Waals surface area contributed by atoms with Crippen molar-refractivity contribution in [3.63, 3.8) is 0 Å². The van der Waals surface area contributed by atoms with E-state index in [4.69, 9.17) is 20.9 Å². The highest BCUT2D eigenvalue weighted by molar-refractivity contribution is 5.72. The average molecular weight is 270 g/mol. The van der Waals surface area contributed by atoms with Gasteiger partial charge in [0.05, 0.1) is 6.17 Å². The Morgan fingerprint density at radius 3 is 2.42 bits per heavy atom. The lowest BCUT2D eigenvalue weighted by molar-refractivity contribution is -0.199. The molecule has 0 amide bonds. The molecule has 0 radical (unpaired) electrons. The Morgan fingerprint density at radius 2 is 1.74 bits per heavy atom. The van der Waals surface area contributed by atoms with Crippen LogP contribution in [-0.4, -0.2) is 29.8 Å². The molecule has 4 N–H and O–H groups in total. The van der Waals surface area contributed by atoms with E-state index in [0.717, 1.165) is 12.8 Å². The van der Waals surface area contributed by atoms with Crippen LogP contribution in [0.25, 0.3) is 0 Å². The number of rotatable bonds is 1. The van der Waals surface area contributed by atoms with Crippen LogP contribution in [0.5, 0.6) is 0 Å². The van der Waals surface area contributed by atoms with E-state index in [-0.39, 0.29) is 11.9 Å². The van der Waals surface area contributed by atoms with Gasteiger partial charge < -0.3 is 20.9 Å². The van der Waals surface area contributed by atoms with Gasteiger partial charge in [0, 0.05) is 12.8 Å². The molecule has 1 heterocycles. The topological polar surface area (TPSA) is 105 Å². The molecule has 1 saturated heterocycles. The second kappa shape index (κ2) is 5.88. The summed E-state index contributed by atoms with van der Waals surface area (Å²) in [6.45, 7) is 0. The molecule has 2 unspecified atom stereocenters. The van der Waals surface area contributed by atoms with Crippen molar-refractivity contribution < 1.29 is 19.1 Å². The van der Waals surface area contributed by atoms with Crippen molar-refractivity contribution in [2.75, 3.05) is 0 Å². The number of nitrogens with two attached hydrogens (primary N) is 2. The fraction of sp³-hybridized carbons (Fsp3) is 0.846. The van der Waals surface area contributed by atoms with Crippen molar-refractivity contribution in [2.24, 2.45) is 11.5 Å². The van der Waals surface area contributed by atoms with Gasteiger partial charge in [-0.15, -0.1) is 0 Å². The molecular weight excluding hydrogens is 248 g/mol. The van der Waals surface area contributed by atoms with Gasteiger partial charge in [-0.2, -0.15) is 0 Å². The molecule has 19 heavy (non-hydrogen) atoms. The number of carbonyl (C=O) groups is 2. The summed E-state index contributed by atoms with van der Waals surface area (Å²) >= 11 is 0.